The van der Waals surface area contributed by atoms with Crippen molar-refractivity contribution in [3.05, 3.63) is 24.3 Å². The summed E-state index contributed by atoms with van der Waals surface area (Å²) in [4.78, 5) is 17.0. The summed E-state index contributed by atoms with van der Waals surface area (Å²) >= 11 is 2.04. The number of carbonyl (C=O) groups excluding carboxylic acids is 1. The van der Waals surface area contributed by atoms with E-state index in [9.17, 15) is 4.79 Å². The molecule has 2 fully saturated rings. The zero-order valence-corrected chi connectivity index (χ0v) is 14.7. The fraction of sp³-hybridized carbons (Fsp3) is 0.611. The van der Waals surface area contributed by atoms with Gasteiger partial charge in [-0.25, -0.2) is 4.79 Å². The third-order valence-electron chi connectivity index (χ3n) is 4.77. The first-order chi connectivity index (χ1) is 11.3. The first kappa shape index (κ1) is 16.5. The van der Waals surface area contributed by atoms with Crippen LogP contribution in [0.2, 0.25) is 0 Å². The van der Waals surface area contributed by atoms with E-state index >= 15 is 0 Å². The minimum Gasteiger partial charge on any atom is -0.453 e. The second kappa shape index (κ2) is 7.95. The molecule has 4 nitrogen and oxygen atoms in total. The number of methoxy groups -OCH3 is 1. The quantitative estimate of drug-likeness (QED) is 0.836. The Bertz CT molecular complexity index is 506. The summed E-state index contributed by atoms with van der Waals surface area (Å²) in [7, 11) is 1.44. The Morgan fingerprint density at radius 1 is 1.04 bits per heavy atom. The van der Waals surface area contributed by atoms with E-state index in [4.69, 9.17) is 4.74 Å². The zero-order valence-electron chi connectivity index (χ0n) is 13.9. The summed E-state index contributed by atoms with van der Waals surface area (Å²) in [6.45, 7) is 3.19. The van der Waals surface area contributed by atoms with Crippen molar-refractivity contribution in [1.82, 2.24) is 4.90 Å². The number of ether oxygens (including phenoxy) is 1. The molecule has 1 aromatic rings. The fourth-order valence-corrected chi connectivity index (χ4v) is 4.63. The molecule has 23 heavy (non-hydrogen) atoms. The molecule has 1 aromatic carbocycles. The molecule has 1 saturated carbocycles. The molecule has 1 aliphatic heterocycles. The Hall–Kier alpha value is -1.36. The van der Waals surface area contributed by atoms with Gasteiger partial charge in [0.2, 0.25) is 0 Å². The SMILES string of the molecule is COC(=O)N1CCN(c2ccc(SC3CCCCC3)cc2)CC1. The normalized spacial score (nSPS) is 19.7. The third-order valence-corrected chi connectivity index (χ3v) is 6.12. The number of amides is 1. The first-order valence-corrected chi connectivity index (χ1v) is 9.49. The molecule has 1 saturated heterocycles. The number of piperazine rings is 1. The van der Waals surface area contributed by atoms with Gasteiger partial charge in [-0.2, -0.15) is 0 Å². The minimum atomic E-state index is -0.219. The first-order valence-electron chi connectivity index (χ1n) is 8.61. The molecule has 0 bridgehead atoms. The van der Waals surface area contributed by atoms with Crippen LogP contribution >= 0.6 is 11.8 Å². The Morgan fingerprint density at radius 3 is 2.30 bits per heavy atom. The molecular formula is C18H26N2O2S. The number of hydrogen-bond acceptors (Lipinski definition) is 4. The van der Waals surface area contributed by atoms with E-state index in [1.807, 2.05) is 11.8 Å². The molecule has 1 amide bonds. The highest BCUT2D eigenvalue weighted by Gasteiger charge is 2.21. The predicted molar refractivity (Wildman–Crippen MR) is 95.4 cm³/mol. The molecule has 3 rings (SSSR count). The molecule has 1 aliphatic carbocycles. The Labute approximate surface area is 143 Å². The molecule has 1 heterocycles. The summed E-state index contributed by atoms with van der Waals surface area (Å²) in [6, 6.07) is 8.94. The third kappa shape index (κ3) is 4.34. The minimum absolute atomic E-state index is 0.219. The van der Waals surface area contributed by atoms with Crippen LogP contribution in [0.1, 0.15) is 32.1 Å². The van der Waals surface area contributed by atoms with Crippen molar-refractivity contribution in [2.45, 2.75) is 42.2 Å². The van der Waals surface area contributed by atoms with Crippen LogP contribution in [0.3, 0.4) is 0 Å². The van der Waals surface area contributed by atoms with Crippen molar-refractivity contribution < 1.29 is 9.53 Å². The second-order valence-electron chi connectivity index (χ2n) is 6.32. The van der Waals surface area contributed by atoms with Crippen molar-refractivity contribution in [1.29, 1.82) is 0 Å². The highest BCUT2D eigenvalue weighted by molar-refractivity contribution is 8.00. The molecule has 0 unspecified atom stereocenters. The number of thioether (sulfide) groups is 1. The van der Waals surface area contributed by atoms with E-state index < -0.39 is 0 Å². The molecule has 5 heteroatoms. The molecule has 126 valence electrons. The van der Waals surface area contributed by atoms with E-state index in [0.29, 0.717) is 0 Å². The van der Waals surface area contributed by atoms with Crippen molar-refractivity contribution in [2.24, 2.45) is 0 Å². The van der Waals surface area contributed by atoms with E-state index in [-0.39, 0.29) is 6.09 Å². The van der Waals surface area contributed by atoms with Crippen LogP contribution < -0.4 is 4.90 Å². The summed E-state index contributed by atoms with van der Waals surface area (Å²) in [6.07, 6.45) is 6.70. The molecule has 2 aliphatic rings. The van der Waals surface area contributed by atoms with Gasteiger partial charge < -0.3 is 14.5 Å². The van der Waals surface area contributed by atoms with Crippen LogP contribution in [0.15, 0.2) is 29.2 Å². The lowest BCUT2D eigenvalue weighted by molar-refractivity contribution is 0.121. The maximum Gasteiger partial charge on any atom is 0.409 e. The lowest BCUT2D eigenvalue weighted by atomic mass is 10.0. The van der Waals surface area contributed by atoms with Gasteiger partial charge in [0.15, 0.2) is 0 Å². The van der Waals surface area contributed by atoms with Gasteiger partial charge in [0, 0.05) is 42.0 Å². The lowest BCUT2D eigenvalue weighted by Crippen LogP contribution is -2.48. The standard InChI is InChI=1S/C18H26N2O2S/c1-22-18(21)20-13-11-19(12-14-20)15-7-9-17(10-8-15)23-16-5-3-2-4-6-16/h7-10,16H,2-6,11-14H2,1H3. The maximum atomic E-state index is 11.5. The van der Waals surface area contributed by atoms with Crippen molar-refractivity contribution in [3.8, 4) is 0 Å². The maximum absolute atomic E-state index is 11.5. The van der Waals surface area contributed by atoms with Crippen LogP contribution in [0.25, 0.3) is 0 Å². The van der Waals surface area contributed by atoms with Gasteiger partial charge in [-0.1, -0.05) is 19.3 Å². The zero-order chi connectivity index (χ0) is 16.1. The average molecular weight is 334 g/mol. The predicted octanol–water partition coefficient (Wildman–Crippen LogP) is 4.00. The number of carbonyl (C=O) groups is 1. The summed E-state index contributed by atoms with van der Waals surface area (Å²) in [5.41, 5.74) is 1.25. The average Bonchev–Trinajstić information content (AvgIpc) is 2.63. The van der Waals surface area contributed by atoms with Gasteiger partial charge in [0.05, 0.1) is 7.11 Å². The summed E-state index contributed by atoms with van der Waals surface area (Å²) in [5, 5.41) is 0.804. The number of hydrogen-bond donors (Lipinski definition) is 0. The van der Waals surface area contributed by atoms with Crippen molar-refractivity contribution in [3.63, 3.8) is 0 Å². The highest BCUT2D eigenvalue weighted by Crippen LogP contribution is 2.34. The fourth-order valence-electron chi connectivity index (χ4n) is 3.39. The van der Waals surface area contributed by atoms with Gasteiger partial charge in [-0.05, 0) is 37.1 Å². The topological polar surface area (TPSA) is 32.8 Å². The molecule has 0 N–H and O–H groups in total. The Balaban J connectivity index is 1.52. The Morgan fingerprint density at radius 2 is 1.70 bits per heavy atom. The number of anilines is 1. The van der Waals surface area contributed by atoms with Gasteiger partial charge in [-0.15, -0.1) is 11.8 Å². The number of benzene rings is 1. The van der Waals surface area contributed by atoms with Crippen LogP contribution in [0.4, 0.5) is 10.5 Å². The van der Waals surface area contributed by atoms with Gasteiger partial charge in [-0.3, -0.25) is 0 Å². The second-order valence-corrected chi connectivity index (χ2v) is 7.69. The molecule has 0 atom stereocenters. The summed E-state index contributed by atoms with van der Waals surface area (Å²) < 4.78 is 4.78. The monoisotopic (exact) mass is 334 g/mol. The number of rotatable bonds is 3. The van der Waals surface area contributed by atoms with E-state index in [1.54, 1.807) is 4.90 Å². The van der Waals surface area contributed by atoms with Crippen LogP contribution in [0.5, 0.6) is 0 Å². The Kier molecular flexibility index (Phi) is 5.70. The van der Waals surface area contributed by atoms with Gasteiger partial charge in [0.25, 0.3) is 0 Å². The molecular weight excluding hydrogens is 308 g/mol. The molecule has 0 aromatic heterocycles. The number of nitrogens with zero attached hydrogens (tertiary/aromatic N) is 2. The lowest BCUT2D eigenvalue weighted by Gasteiger charge is -2.35. The van der Waals surface area contributed by atoms with E-state index in [1.165, 1.54) is 49.8 Å². The largest absolute Gasteiger partial charge is 0.453 e. The molecule has 0 spiro atoms. The van der Waals surface area contributed by atoms with Crippen molar-refractivity contribution in [2.75, 3.05) is 38.2 Å². The van der Waals surface area contributed by atoms with Gasteiger partial charge >= 0.3 is 6.09 Å². The van der Waals surface area contributed by atoms with Crippen molar-refractivity contribution >= 4 is 23.5 Å². The van der Waals surface area contributed by atoms with Crippen LogP contribution in [0, 0.1) is 0 Å². The van der Waals surface area contributed by atoms with Gasteiger partial charge in [0.1, 0.15) is 0 Å². The molecule has 0 radical (unpaired) electrons. The van der Waals surface area contributed by atoms with E-state index in [0.717, 1.165) is 31.4 Å². The smallest absolute Gasteiger partial charge is 0.409 e. The van der Waals surface area contributed by atoms with E-state index in [2.05, 4.69) is 29.2 Å². The van der Waals surface area contributed by atoms with Crippen LogP contribution in [-0.4, -0.2) is 49.5 Å². The highest BCUT2D eigenvalue weighted by atomic mass is 32.2. The van der Waals surface area contributed by atoms with Crippen LogP contribution in [-0.2, 0) is 4.74 Å². The summed E-state index contributed by atoms with van der Waals surface area (Å²) in [5.74, 6) is 0.